The summed E-state index contributed by atoms with van der Waals surface area (Å²) in [5.74, 6) is -0.503. The molecule has 1 saturated heterocycles. The number of sulfonamides is 1. The third-order valence-corrected chi connectivity index (χ3v) is 6.95. The van der Waals surface area contributed by atoms with Gasteiger partial charge in [-0.2, -0.15) is 4.31 Å². The first kappa shape index (κ1) is 22.8. The van der Waals surface area contributed by atoms with Gasteiger partial charge in [-0.05, 0) is 54.1 Å². The van der Waals surface area contributed by atoms with E-state index in [1.165, 1.54) is 46.9 Å². The van der Waals surface area contributed by atoms with Gasteiger partial charge in [0.15, 0.2) is 11.6 Å². The van der Waals surface area contributed by atoms with Crippen molar-refractivity contribution in [2.75, 3.05) is 26.3 Å². The molecule has 0 unspecified atom stereocenters. The van der Waals surface area contributed by atoms with E-state index >= 15 is 0 Å². The second kappa shape index (κ2) is 10.1. The molecule has 0 aliphatic carbocycles. The second-order valence-corrected chi connectivity index (χ2v) is 9.22. The lowest BCUT2D eigenvalue weighted by molar-refractivity contribution is 0.0730. The first-order valence-electron chi connectivity index (χ1n) is 10.3. The van der Waals surface area contributed by atoms with Crippen molar-refractivity contribution in [3.63, 3.8) is 0 Å². The van der Waals surface area contributed by atoms with Crippen LogP contribution in [0.2, 0.25) is 0 Å². The average Bonchev–Trinajstić information content (AvgIpc) is 2.85. The molecule has 0 atom stereocenters. The van der Waals surface area contributed by atoms with Crippen LogP contribution in [0.5, 0.6) is 11.5 Å². The maximum atomic E-state index is 14.4. The summed E-state index contributed by atoms with van der Waals surface area (Å²) in [6.07, 6.45) is 3.07. The predicted molar refractivity (Wildman–Crippen MR) is 118 cm³/mol. The number of nitrogens with one attached hydrogen (secondary N) is 1. The Bertz CT molecular complexity index is 1210. The Hall–Kier alpha value is -3.34. The summed E-state index contributed by atoms with van der Waals surface area (Å²) < 4.78 is 51.7. The normalized spacial score (nSPS) is 14.6. The molecular formula is C23H22FN3O5S. The molecular weight excluding hydrogens is 449 g/mol. The Labute approximate surface area is 191 Å². The van der Waals surface area contributed by atoms with Crippen LogP contribution in [0.25, 0.3) is 0 Å². The third kappa shape index (κ3) is 5.54. The number of halogens is 1. The molecule has 2 aromatic carbocycles. The van der Waals surface area contributed by atoms with E-state index < -0.39 is 21.7 Å². The number of hydrogen-bond acceptors (Lipinski definition) is 6. The molecule has 0 radical (unpaired) electrons. The van der Waals surface area contributed by atoms with Gasteiger partial charge in [-0.25, -0.2) is 12.8 Å². The molecule has 1 aromatic heterocycles. The van der Waals surface area contributed by atoms with Gasteiger partial charge < -0.3 is 14.8 Å². The van der Waals surface area contributed by atoms with Gasteiger partial charge in [0, 0.05) is 31.4 Å². The van der Waals surface area contributed by atoms with E-state index in [-0.39, 0.29) is 17.2 Å². The first-order chi connectivity index (χ1) is 15.9. The van der Waals surface area contributed by atoms with Crippen molar-refractivity contribution in [1.29, 1.82) is 0 Å². The molecule has 172 valence electrons. The van der Waals surface area contributed by atoms with E-state index in [2.05, 4.69) is 10.3 Å². The quantitative estimate of drug-likeness (QED) is 0.569. The molecule has 1 N–H and O–H groups in total. The maximum Gasteiger partial charge on any atom is 0.251 e. The van der Waals surface area contributed by atoms with Gasteiger partial charge in [0.05, 0.1) is 24.3 Å². The van der Waals surface area contributed by atoms with Crippen LogP contribution in [0, 0.1) is 5.82 Å². The number of ether oxygens (including phenoxy) is 2. The van der Waals surface area contributed by atoms with E-state index in [9.17, 15) is 17.6 Å². The number of carbonyl (C=O) groups excluding carboxylic acids is 1. The van der Waals surface area contributed by atoms with Crippen molar-refractivity contribution in [1.82, 2.24) is 14.6 Å². The van der Waals surface area contributed by atoms with E-state index in [4.69, 9.17) is 9.47 Å². The zero-order valence-electron chi connectivity index (χ0n) is 17.6. The van der Waals surface area contributed by atoms with Crippen molar-refractivity contribution in [3.05, 3.63) is 83.9 Å². The number of benzene rings is 2. The van der Waals surface area contributed by atoms with Gasteiger partial charge in [0.25, 0.3) is 5.91 Å². The highest BCUT2D eigenvalue weighted by atomic mass is 32.2. The average molecular weight is 472 g/mol. The Kier molecular flexibility index (Phi) is 6.97. The lowest BCUT2D eigenvalue weighted by Gasteiger charge is -2.26. The molecule has 0 spiro atoms. The molecule has 0 saturated carbocycles. The monoisotopic (exact) mass is 471 g/mol. The number of morpholine rings is 1. The lowest BCUT2D eigenvalue weighted by atomic mass is 10.2. The highest BCUT2D eigenvalue weighted by molar-refractivity contribution is 7.89. The third-order valence-electron chi connectivity index (χ3n) is 5.04. The number of hydrogen-bond donors (Lipinski definition) is 1. The molecule has 1 aliphatic rings. The summed E-state index contributed by atoms with van der Waals surface area (Å²) in [5.41, 5.74) is 0.846. The number of nitrogens with zero attached hydrogens (tertiary/aromatic N) is 2. The number of carbonyl (C=O) groups is 1. The molecule has 2 heterocycles. The summed E-state index contributed by atoms with van der Waals surface area (Å²) in [5, 5.41) is 2.70. The van der Waals surface area contributed by atoms with Crippen LogP contribution >= 0.6 is 0 Å². The van der Waals surface area contributed by atoms with Gasteiger partial charge in [0.1, 0.15) is 5.75 Å². The maximum absolute atomic E-state index is 14.4. The summed E-state index contributed by atoms with van der Waals surface area (Å²) >= 11 is 0. The molecule has 1 fully saturated rings. The van der Waals surface area contributed by atoms with Crippen molar-refractivity contribution in [2.24, 2.45) is 0 Å². The van der Waals surface area contributed by atoms with Gasteiger partial charge in [-0.3, -0.25) is 9.78 Å². The topological polar surface area (TPSA) is 97.8 Å². The van der Waals surface area contributed by atoms with E-state index in [1.54, 1.807) is 24.4 Å². The summed E-state index contributed by atoms with van der Waals surface area (Å²) in [7, 11) is -3.63. The van der Waals surface area contributed by atoms with Crippen LogP contribution in [-0.4, -0.2) is 49.9 Å². The minimum Gasteiger partial charge on any atom is -0.453 e. The Morgan fingerprint density at radius 2 is 1.88 bits per heavy atom. The van der Waals surface area contributed by atoms with E-state index in [0.29, 0.717) is 43.2 Å². The van der Waals surface area contributed by atoms with Crippen LogP contribution in [-0.2, 0) is 21.3 Å². The van der Waals surface area contributed by atoms with Crippen molar-refractivity contribution >= 4 is 15.9 Å². The highest BCUT2D eigenvalue weighted by Gasteiger charge is 2.26. The molecule has 33 heavy (non-hydrogen) atoms. The van der Waals surface area contributed by atoms with Gasteiger partial charge >= 0.3 is 0 Å². The summed E-state index contributed by atoms with van der Waals surface area (Å²) in [6.45, 7) is 1.41. The summed E-state index contributed by atoms with van der Waals surface area (Å²) in [6, 6.07) is 13.5. The second-order valence-electron chi connectivity index (χ2n) is 7.28. The summed E-state index contributed by atoms with van der Waals surface area (Å²) in [4.78, 5) is 16.5. The number of rotatable bonds is 7. The minimum atomic E-state index is -3.63. The van der Waals surface area contributed by atoms with Crippen LogP contribution in [0.15, 0.2) is 71.9 Å². The molecule has 1 aliphatic heterocycles. The van der Waals surface area contributed by atoms with Gasteiger partial charge in [-0.1, -0.05) is 6.07 Å². The van der Waals surface area contributed by atoms with Gasteiger partial charge in [-0.15, -0.1) is 0 Å². The minimum absolute atomic E-state index is 0.0511. The standard InChI is InChI=1S/C23H22FN3O5S/c24-21-14-17(3-8-22(21)32-19-2-1-9-25-16-19)15-26-23(28)18-4-6-20(7-5-18)33(29,30)27-10-12-31-13-11-27/h1-9,14,16H,10-13,15H2,(H,26,28). The molecule has 4 rings (SSSR count). The highest BCUT2D eigenvalue weighted by Crippen LogP contribution is 2.24. The number of amides is 1. The van der Waals surface area contributed by atoms with Gasteiger partial charge in [0.2, 0.25) is 10.0 Å². The van der Waals surface area contributed by atoms with Crippen molar-refractivity contribution in [2.45, 2.75) is 11.4 Å². The Morgan fingerprint density at radius 3 is 2.55 bits per heavy atom. The van der Waals surface area contributed by atoms with Crippen LogP contribution in [0.1, 0.15) is 15.9 Å². The van der Waals surface area contributed by atoms with E-state index in [0.717, 1.165) is 0 Å². The fourth-order valence-corrected chi connectivity index (χ4v) is 4.68. The number of pyridine rings is 1. The number of aromatic nitrogens is 1. The Balaban J connectivity index is 1.36. The van der Waals surface area contributed by atoms with Crippen LogP contribution in [0.3, 0.4) is 0 Å². The smallest absolute Gasteiger partial charge is 0.251 e. The Morgan fingerprint density at radius 1 is 1.12 bits per heavy atom. The fourth-order valence-electron chi connectivity index (χ4n) is 3.27. The van der Waals surface area contributed by atoms with E-state index in [1.807, 2.05) is 0 Å². The first-order valence-corrected chi connectivity index (χ1v) is 11.7. The zero-order chi connectivity index (χ0) is 23.3. The SMILES string of the molecule is O=C(NCc1ccc(Oc2cccnc2)c(F)c1)c1ccc(S(=O)(=O)N2CCOCC2)cc1. The molecule has 0 bridgehead atoms. The molecule has 10 heteroatoms. The zero-order valence-corrected chi connectivity index (χ0v) is 18.4. The largest absolute Gasteiger partial charge is 0.453 e. The molecule has 1 amide bonds. The van der Waals surface area contributed by atoms with Crippen LogP contribution in [0.4, 0.5) is 4.39 Å². The van der Waals surface area contributed by atoms with Crippen molar-refractivity contribution in [3.8, 4) is 11.5 Å². The molecule has 8 nitrogen and oxygen atoms in total. The van der Waals surface area contributed by atoms with Crippen molar-refractivity contribution < 1.29 is 27.1 Å². The molecule has 3 aromatic rings. The van der Waals surface area contributed by atoms with Crippen LogP contribution < -0.4 is 10.1 Å². The predicted octanol–water partition coefficient (Wildman–Crippen LogP) is 2.96. The lowest BCUT2D eigenvalue weighted by Crippen LogP contribution is -2.40. The fraction of sp³-hybridized carbons (Fsp3) is 0.217.